The number of thioether (sulfide) groups is 1. The van der Waals surface area contributed by atoms with Crippen LogP contribution in [0, 0.1) is 0 Å². The molecule has 2 amide bonds. The lowest BCUT2D eigenvalue weighted by atomic mass is 10.0. The van der Waals surface area contributed by atoms with Gasteiger partial charge in [-0.15, -0.1) is 0 Å². The van der Waals surface area contributed by atoms with Crippen LogP contribution in [0.2, 0.25) is 0 Å². The summed E-state index contributed by atoms with van der Waals surface area (Å²) in [5.41, 5.74) is 1.77. The van der Waals surface area contributed by atoms with Crippen molar-refractivity contribution in [2.75, 3.05) is 6.61 Å². The van der Waals surface area contributed by atoms with Gasteiger partial charge in [0.2, 0.25) is 0 Å². The molecule has 0 unspecified atom stereocenters. The van der Waals surface area contributed by atoms with Crippen LogP contribution < -0.4 is 4.74 Å². The predicted octanol–water partition coefficient (Wildman–Crippen LogP) is 6.63. The molecule has 0 N–H and O–H groups in total. The lowest BCUT2D eigenvalue weighted by Gasteiger charge is -2.14. The Bertz CT molecular complexity index is 1390. The molecule has 5 rings (SSSR count). The summed E-state index contributed by atoms with van der Waals surface area (Å²) >= 11 is 0.980. The summed E-state index contributed by atoms with van der Waals surface area (Å²) < 4.78 is 5.82. The van der Waals surface area contributed by atoms with Gasteiger partial charge in [0.1, 0.15) is 5.75 Å². The van der Waals surface area contributed by atoms with Crippen LogP contribution in [0.5, 0.6) is 5.75 Å². The first-order valence-electron chi connectivity index (χ1n) is 10.5. The molecule has 1 fully saturated rings. The molecule has 0 aliphatic carbocycles. The van der Waals surface area contributed by atoms with Crippen molar-refractivity contribution in [2.24, 2.45) is 0 Å². The van der Waals surface area contributed by atoms with E-state index >= 15 is 0 Å². The fraction of sp³-hybridized carbons (Fsp3) is 0.111. The van der Waals surface area contributed by atoms with Crippen LogP contribution in [0.15, 0.2) is 83.8 Å². The number of nitrogens with zero attached hydrogens (tertiary/aromatic N) is 1. The fourth-order valence-electron chi connectivity index (χ4n) is 4.07. The van der Waals surface area contributed by atoms with Crippen molar-refractivity contribution < 1.29 is 14.3 Å². The van der Waals surface area contributed by atoms with E-state index in [9.17, 15) is 9.59 Å². The third kappa shape index (κ3) is 3.65. The Morgan fingerprint density at radius 2 is 1.53 bits per heavy atom. The molecule has 0 atom stereocenters. The van der Waals surface area contributed by atoms with Gasteiger partial charge in [0.05, 0.1) is 18.1 Å². The minimum absolute atomic E-state index is 0.247. The second-order valence-electron chi connectivity index (χ2n) is 7.54. The van der Waals surface area contributed by atoms with E-state index in [0.29, 0.717) is 17.3 Å². The van der Waals surface area contributed by atoms with Crippen LogP contribution in [0.4, 0.5) is 4.79 Å². The van der Waals surface area contributed by atoms with Gasteiger partial charge in [-0.05, 0) is 57.9 Å². The molecular weight excluding hydrogens is 418 g/mol. The highest BCUT2D eigenvalue weighted by Gasteiger charge is 2.35. The van der Waals surface area contributed by atoms with Crippen LogP contribution in [-0.2, 0) is 11.3 Å². The summed E-state index contributed by atoms with van der Waals surface area (Å²) in [6.45, 7) is 2.69. The van der Waals surface area contributed by atoms with E-state index in [2.05, 4.69) is 0 Å². The molecule has 32 heavy (non-hydrogen) atoms. The number of hydrogen-bond acceptors (Lipinski definition) is 4. The van der Waals surface area contributed by atoms with Gasteiger partial charge >= 0.3 is 0 Å². The van der Waals surface area contributed by atoms with E-state index in [1.54, 1.807) is 6.08 Å². The van der Waals surface area contributed by atoms with E-state index in [1.807, 2.05) is 85.8 Å². The van der Waals surface area contributed by atoms with Gasteiger partial charge in [-0.3, -0.25) is 14.5 Å². The highest BCUT2D eigenvalue weighted by Crippen LogP contribution is 2.37. The van der Waals surface area contributed by atoms with Crippen molar-refractivity contribution in [3.8, 4) is 5.75 Å². The number of imide groups is 1. The van der Waals surface area contributed by atoms with Gasteiger partial charge in [-0.2, -0.15) is 0 Å². The van der Waals surface area contributed by atoms with E-state index in [4.69, 9.17) is 4.74 Å². The highest BCUT2D eigenvalue weighted by atomic mass is 32.2. The molecule has 0 aromatic heterocycles. The maximum atomic E-state index is 13.2. The van der Waals surface area contributed by atoms with E-state index in [1.165, 1.54) is 4.90 Å². The zero-order valence-electron chi connectivity index (χ0n) is 17.6. The van der Waals surface area contributed by atoms with E-state index in [0.717, 1.165) is 44.4 Å². The number of hydrogen-bond donors (Lipinski definition) is 0. The van der Waals surface area contributed by atoms with Gasteiger partial charge in [-0.1, -0.05) is 72.8 Å². The lowest BCUT2D eigenvalue weighted by molar-refractivity contribution is -0.123. The minimum atomic E-state index is -0.275. The normalized spacial score (nSPS) is 15.3. The zero-order chi connectivity index (χ0) is 22.1. The molecule has 1 saturated heterocycles. The van der Waals surface area contributed by atoms with Crippen molar-refractivity contribution in [3.05, 3.63) is 94.9 Å². The molecular formula is C27H21NO3S. The maximum Gasteiger partial charge on any atom is 0.293 e. The smallest absolute Gasteiger partial charge is 0.293 e. The van der Waals surface area contributed by atoms with Crippen LogP contribution in [0.3, 0.4) is 0 Å². The van der Waals surface area contributed by atoms with E-state index < -0.39 is 0 Å². The molecule has 1 aliphatic heterocycles. The summed E-state index contributed by atoms with van der Waals surface area (Å²) in [5, 5.41) is 3.92. The summed E-state index contributed by atoms with van der Waals surface area (Å²) in [5.74, 6) is 0.426. The van der Waals surface area contributed by atoms with Crippen molar-refractivity contribution in [2.45, 2.75) is 13.5 Å². The van der Waals surface area contributed by atoms with Crippen molar-refractivity contribution >= 4 is 50.5 Å². The Labute approximate surface area is 190 Å². The average molecular weight is 440 g/mol. The average Bonchev–Trinajstić information content (AvgIpc) is 3.08. The molecule has 4 aromatic carbocycles. The van der Waals surface area contributed by atoms with Gasteiger partial charge in [-0.25, -0.2) is 0 Å². The Morgan fingerprint density at radius 1 is 0.844 bits per heavy atom. The Balaban J connectivity index is 1.52. The molecule has 0 radical (unpaired) electrons. The standard InChI is InChI=1S/C27H21NO3S/c1-2-31-24-15-14-19-9-4-6-13-22(19)23(24)16-25-26(29)28(27(30)32-25)17-20-11-7-10-18-8-3-5-12-21(18)20/h3-16H,2,17H2,1H3/b25-16-. The molecule has 0 spiro atoms. The van der Waals surface area contributed by atoms with Crippen molar-refractivity contribution in [1.29, 1.82) is 0 Å². The number of benzene rings is 4. The molecule has 0 bridgehead atoms. The van der Waals surface area contributed by atoms with Crippen LogP contribution in [-0.4, -0.2) is 22.7 Å². The number of rotatable bonds is 5. The Hall–Kier alpha value is -3.57. The fourth-order valence-corrected chi connectivity index (χ4v) is 4.89. The molecule has 4 nitrogen and oxygen atoms in total. The van der Waals surface area contributed by atoms with Crippen molar-refractivity contribution in [3.63, 3.8) is 0 Å². The highest BCUT2D eigenvalue weighted by molar-refractivity contribution is 8.18. The molecule has 1 aliphatic rings. The molecule has 1 heterocycles. The number of ether oxygens (including phenoxy) is 1. The maximum absolute atomic E-state index is 13.2. The first kappa shape index (κ1) is 20.3. The molecule has 4 aromatic rings. The minimum Gasteiger partial charge on any atom is -0.493 e. The monoisotopic (exact) mass is 439 g/mol. The van der Waals surface area contributed by atoms with Gasteiger partial charge < -0.3 is 4.74 Å². The first-order chi connectivity index (χ1) is 15.7. The van der Waals surface area contributed by atoms with Gasteiger partial charge in [0.25, 0.3) is 11.1 Å². The Morgan fingerprint density at radius 3 is 2.31 bits per heavy atom. The number of carbonyl (C=O) groups excluding carboxylic acids is 2. The number of fused-ring (bicyclic) bond motifs is 2. The van der Waals surface area contributed by atoms with Crippen molar-refractivity contribution in [1.82, 2.24) is 4.90 Å². The van der Waals surface area contributed by atoms with Crippen LogP contribution >= 0.6 is 11.8 Å². The third-order valence-electron chi connectivity index (χ3n) is 5.59. The molecule has 158 valence electrons. The van der Waals surface area contributed by atoms with E-state index in [-0.39, 0.29) is 17.7 Å². The van der Waals surface area contributed by atoms with Gasteiger partial charge in [0, 0.05) is 5.56 Å². The zero-order valence-corrected chi connectivity index (χ0v) is 18.4. The van der Waals surface area contributed by atoms with Crippen LogP contribution in [0.1, 0.15) is 18.1 Å². The largest absolute Gasteiger partial charge is 0.493 e. The number of carbonyl (C=O) groups is 2. The summed E-state index contributed by atoms with van der Waals surface area (Å²) in [4.78, 5) is 27.8. The van der Waals surface area contributed by atoms with Crippen LogP contribution in [0.25, 0.3) is 27.6 Å². The molecule has 0 saturated carbocycles. The third-order valence-corrected chi connectivity index (χ3v) is 6.50. The van der Waals surface area contributed by atoms with Gasteiger partial charge in [0.15, 0.2) is 0 Å². The second-order valence-corrected chi connectivity index (χ2v) is 8.53. The summed E-state index contributed by atoms with van der Waals surface area (Å²) in [6, 6.07) is 25.8. The lowest BCUT2D eigenvalue weighted by Crippen LogP contribution is -2.27. The second kappa shape index (κ2) is 8.52. The SMILES string of the molecule is CCOc1ccc2ccccc2c1/C=C1\SC(=O)N(Cc2cccc3ccccc23)C1=O. The first-order valence-corrected chi connectivity index (χ1v) is 11.3. The number of amides is 2. The predicted molar refractivity (Wildman–Crippen MR) is 131 cm³/mol. The quantitative estimate of drug-likeness (QED) is 0.328. The molecule has 5 heteroatoms. The topological polar surface area (TPSA) is 46.6 Å². The summed E-state index contributed by atoms with van der Waals surface area (Å²) in [7, 11) is 0. The summed E-state index contributed by atoms with van der Waals surface area (Å²) in [6.07, 6.45) is 1.79. The Kier molecular flexibility index (Phi) is 5.41.